The van der Waals surface area contributed by atoms with Gasteiger partial charge in [0, 0.05) is 4.47 Å². The standard InChI is InChI=1S/C8H5Br2ClO2/c1-13-7-5(10)3-2-4(9)6(7)8(11)12/h2-3H,1H3. The lowest BCUT2D eigenvalue weighted by Crippen LogP contribution is -1.97. The average molecular weight is 328 g/mol. The largest absolute Gasteiger partial charge is 0.495 e. The second-order valence-corrected chi connectivity index (χ2v) is 4.26. The summed E-state index contributed by atoms with van der Waals surface area (Å²) in [6.45, 7) is 0. The molecule has 0 saturated heterocycles. The zero-order valence-corrected chi connectivity index (χ0v) is 10.5. The fourth-order valence-electron chi connectivity index (χ4n) is 0.916. The Bertz CT molecular complexity index is 352. The van der Waals surface area contributed by atoms with Crippen molar-refractivity contribution in [3.05, 3.63) is 26.6 Å². The molecule has 0 N–H and O–H groups in total. The average Bonchev–Trinajstić information content (AvgIpc) is 2.07. The quantitative estimate of drug-likeness (QED) is 0.776. The van der Waals surface area contributed by atoms with Crippen LogP contribution < -0.4 is 4.74 Å². The van der Waals surface area contributed by atoms with E-state index >= 15 is 0 Å². The van der Waals surface area contributed by atoms with E-state index in [0.717, 1.165) is 0 Å². The molecule has 0 aromatic heterocycles. The highest BCUT2D eigenvalue weighted by atomic mass is 79.9. The molecule has 0 unspecified atom stereocenters. The van der Waals surface area contributed by atoms with Gasteiger partial charge >= 0.3 is 0 Å². The maximum atomic E-state index is 11.0. The molecule has 0 aliphatic heterocycles. The van der Waals surface area contributed by atoms with E-state index in [-0.39, 0.29) is 0 Å². The van der Waals surface area contributed by atoms with Gasteiger partial charge in [-0.3, -0.25) is 4.79 Å². The summed E-state index contributed by atoms with van der Waals surface area (Å²) in [5, 5.41) is -0.551. The van der Waals surface area contributed by atoms with Gasteiger partial charge in [-0.15, -0.1) is 0 Å². The molecule has 0 heterocycles. The summed E-state index contributed by atoms with van der Waals surface area (Å²) in [5.74, 6) is 0.439. The van der Waals surface area contributed by atoms with Gasteiger partial charge in [-0.1, -0.05) is 0 Å². The number of hydrogen-bond donors (Lipinski definition) is 0. The molecule has 0 atom stereocenters. The minimum Gasteiger partial charge on any atom is -0.495 e. The molecule has 0 fully saturated rings. The van der Waals surface area contributed by atoms with E-state index in [0.29, 0.717) is 20.3 Å². The fraction of sp³-hybridized carbons (Fsp3) is 0.125. The molecule has 5 heteroatoms. The smallest absolute Gasteiger partial charge is 0.257 e. The molecule has 0 spiro atoms. The number of carbonyl (C=O) groups excluding carboxylic acids is 1. The van der Waals surface area contributed by atoms with Gasteiger partial charge in [0.2, 0.25) is 0 Å². The van der Waals surface area contributed by atoms with Gasteiger partial charge in [-0.05, 0) is 55.6 Å². The minimum absolute atomic E-state index is 0.332. The Morgan fingerprint density at radius 3 is 2.31 bits per heavy atom. The van der Waals surface area contributed by atoms with Gasteiger partial charge in [0.05, 0.1) is 17.1 Å². The van der Waals surface area contributed by atoms with Crippen molar-refractivity contribution in [2.24, 2.45) is 0 Å². The number of hydrogen-bond acceptors (Lipinski definition) is 2. The summed E-state index contributed by atoms with van der Waals surface area (Å²) in [4.78, 5) is 11.0. The molecular weight excluding hydrogens is 323 g/mol. The number of ether oxygens (including phenoxy) is 1. The number of benzene rings is 1. The summed E-state index contributed by atoms with van der Waals surface area (Å²) in [7, 11) is 1.48. The fourth-order valence-corrected chi connectivity index (χ4v) is 2.20. The van der Waals surface area contributed by atoms with Crippen molar-refractivity contribution < 1.29 is 9.53 Å². The van der Waals surface area contributed by atoms with E-state index in [2.05, 4.69) is 31.9 Å². The molecule has 70 valence electrons. The molecular formula is C8H5Br2ClO2. The van der Waals surface area contributed by atoms with Crippen molar-refractivity contribution in [3.63, 3.8) is 0 Å². The SMILES string of the molecule is COc1c(Br)ccc(Br)c1C(=O)Cl. The van der Waals surface area contributed by atoms with Crippen molar-refractivity contribution >= 4 is 48.7 Å². The Hall–Kier alpha value is -0.0600. The van der Waals surface area contributed by atoms with Crippen LogP contribution in [0.15, 0.2) is 21.1 Å². The van der Waals surface area contributed by atoms with Crippen molar-refractivity contribution in [2.75, 3.05) is 7.11 Å². The van der Waals surface area contributed by atoms with E-state index < -0.39 is 5.24 Å². The second kappa shape index (κ2) is 4.44. The second-order valence-electron chi connectivity index (χ2n) is 2.21. The van der Waals surface area contributed by atoms with Crippen molar-refractivity contribution in [1.29, 1.82) is 0 Å². The topological polar surface area (TPSA) is 26.3 Å². The molecule has 0 saturated carbocycles. The van der Waals surface area contributed by atoms with E-state index in [9.17, 15) is 4.79 Å². The first-order chi connectivity index (χ1) is 6.07. The van der Waals surface area contributed by atoms with Gasteiger partial charge in [0.1, 0.15) is 5.75 Å². The summed E-state index contributed by atoms with van der Waals surface area (Å²) < 4.78 is 6.35. The van der Waals surface area contributed by atoms with Gasteiger partial charge in [-0.25, -0.2) is 0 Å². The van der Waals surface area contributed by atoms with Crippen molar-refractivity contribution in [2.45, 2.75) is 0 Å². The summed E-state index contributed by atoms with van der Waals surface area (Å²) in [6.07, 6.45) is 0. The van der Waals surface area contributed by atoms with Crippen LogP contribution in [0.5, 0.6) is 5.75 Å². The van der Waals surface area contributed by atoms with Gasteiger partial charge in [0.25, 0.3) is 5.24 Å². The van der Waals surface area contributed by atoms with E-state index in [1.807, 2.05) is 0 Å². The lowest BCUT2D eigenvalue weighted by molar-refractivity contribution is 0.107. The predicted molar refractivity (Wildman–Crippen MR) is 58.6 cm³/mol. The van der Waals surface area contributed by atoms with Crippen molar-refractivity contribution in [3.8, 4) is 5.75 Å². The van der Waals surface area contributed by atoms with Crippen LogP contribution in [0.1, 0.15) is 10.4 Å². The summed E-state index contributed by atoms with van der Waals surface area (Å²) in [6, 6.07) is 3.49. The molecule has 1 aromatic carbocycles. The Morgan fingerprint density at radius 1 is 1.38 bits per heavy atom. The molecule has 0 radical (unpaired) electrons. The molecule has 0 amide bonds. The van der Waals surface area contributed by atoms with Crippen LogP contribution in [0.2, 0.25) is 0 Å². The minimum atomic E-state index is -0.551. The highest BCUT2D eigenvalue weighted by Crippen LogP contribution is 2.35. The Labute approximate surface area is 97.5 Å². The van der Waals surface area contributed by atoms with Crippen LogP contribution in [0.4, 0.5) is 0 Å². The molecule has 1 aromatic rings. The Kier molecular flexibility index (Phi) is 3.76. The first kappa shape index (κ1) is 11.0. The van der Waals surface area contributed by atoms with Crippen LogP contribution >= 0.6 is 43.5 Å². The zero-order valence-electron chi connectivity index (χ0n) is 6.61. The molecule has 0 bridgehead atoms. The van der Waals surface area contributed by atoms with Crippen LogP contribution in [0, 0.1) is 0 Å². The highest BCUT2D eigenvalue weighted by Gasteiger charge is 2.16. The molecule has 13 heavy (non-hydrogen) atoms. The normalized spacial score (nSPS) is 9.85. The number of methoxy groups -OCH3 is 1. The number of rotatable bonds is 2. The van der Waals surface area contributed by atoms with Gasteiger partial charge < -0.3 is 4.74 Å². The third-order valence-corrected chi connectivity index (χ3v) is 2.93. The van der Waals surface area contributed by atoms with Crippen LogP contribution in [-0.4, -0.2) is 12.4 Å². The Morgan fingerprint density at radius 2 is 1.92 bits per heavy atom. The first-order valence-corrected chi connectivity index (χ1v) is 5.26. The lowest BCUT2D eigenvalue weighted by Gasteiger charge is -2.08. The van der Waals surface area contributed by atoms with Crippen LogP contribution in [0.3, 0.4) is 0 Å². The number of carbonyl (C=O) groups is 1. The van der Waals surface area contributed by atoms with Gasteiger partial charge in [-0.2, -0.15) is 0 Å². The van der Waals surface area contributed by atoms with Gasteiger partial charge in [0.15, 0.2) is 0 Å². The lowest BCUT2D eigenvalue weighted by atomic mass is 10.2. The Balaban J connectivity index is 3.43. The maximum Gasteiger partial charge on any atom is 0.257 e. The summed E-state index contributed by atoms with van der Waals surface area (Å²) in [5.41, 5.74) is 0.332. The first-order valence-electron chi connectivity index (χ1n) is 3.29. The summed E-state index contributed by atoms with van der Waals surface area (Å²) >= 11 is 11.9. The predicted octanol–water partition coefficient (Wildman–Crippen LogP) is 3.60. The molecule has 0 aliphatic rings. The monoisotopic (exact) mass is 326 g/mol. The van der Waals surface area contributed by atoms with Crippen LogP contribution in [0.25, 0.3) is 0 Å². The van der Waals surface area contributed by atoms with E-state index in [1.54, 1.807) is 12.1 Å². The third kappa shape index (κ3) is 2.24. The molecule has 2 nitrogen and oxygen atoms in total. The zero-order chi connectivity index (χ0) is 10.0. The van der Waals surface area contributed by atoms with E-state index in [1.165, 1.54) is 7.11 Å². The highest BCUT2D eigenvalue weighted by molar-refractivity contribution is 9.11. The van der Waals surface area contributed by atoms with Crippen LogP contribution in [-0.2, 0) is 0 Å². The van der Waals surface area contributed by atoms with E-state index in [4.69, 9.17) is 16.3 Å². The number of halogens is 3. The van der Waals surface area contributed by atoms with Crippen molar-refractivity contribution in [1.82, 2.24) is 0 Å². The molecule has 0 aliphatic carbocycles. The maximum absolute atomic E-state index is 11.0. The molecule has 1 rings (SSSR count). The third-order valence-electron chi connectivity index (χ3n) is 1.46.